The van der Waals surface area contributed by atoms with Crippen LogP contribution < -0.4 is 17.0 Å². The van der Waals surface area contributed by atoms with Crippen LogP contribution in [0.4, 0.5) is 0 Å². The number of thiol groups is 1. The third kappa shape index (κ3) is 3.94. The van der Waals surface area contributed by atoms with E-state index in [1.807, 2.05) is 0 Å². The van der Waals surface area contributed by atoms with Crippen LogP contribution in [0.25, 0.3) is 0 Å². The quantitative estimate of drug-likeness (QED) is 0.526. The van der Waals surface area contributed by atoms with Crippen LogP contribution in [0.15, 0.2) is 105 Å². The second-order valence-electron chi connectivity index (χ2n) is 4.43. The molecular formula is C18H15BrS2. The van der Waals surface area contributed by atoms with E-state index in [-0.39, 0.29) is 27.9 Å². The van der Waals surface area contributed by atoms with Crippen LogP contribution in [0.1, 0.15) is 0 Å². The summed E-state index contributed by atoms with van der Waals surface area (Å²) in [5.41, 5.74) is 0. The van der Waals surface area contributed by atoms with Crippen LogP contribution >= 0.6 is 12.6 Å². The Morgan fingerprint density at radius 1 is 0.524 bits per heavy atom. The predicted molar refractivity (Wildman–Crippen MR) is 88.7 cm³/mol. The Hall–Kier alpha value is -1.16. The number of hydrogen-bond donors (Lipinski definition) is 1. The van der Waals surface area contributed by atoms with Gasteiger partial charge >= 0.3 is 0 Å². The highest BCUT2D eigenvalue weighted by Crippen LogP contribution is 2.31. The highest BCUT2D eigenvalue weighted by atomic mass is 79.9. The molecule has 0 atom stereocenters. The van der Waals surface area contributed by atoms with E-state index in [0.29, 0.717) is 0 Å². The SMILES string of the molecule is Sc1ccc([S+](c2ccccc2)c2ccccc2)cc1.[Br-]. The van der Waals surface area contributed by atoms with Gasteiger partial charge in [0.25, 0.3) is 0 Å². The fourth-order valence-corrected chi connectivity index (χ4v) is 4.34. The number of benzene rings is 3. The van der Waals surface area contributed by atoms with E-state index < -0.39 is 0 Å². The van der Waals surface area contributed by atoms with Crippen molar-refractivity contribution in [2.45, 2.75) is 19.6 Å². The van der Waals surface area contributed by atoms with E-state index in [1.165, 1.54) is 14.7 Å². The van der Waals surface area contributed by atoms with Gasteiger partial charge in [-0.2, -0.15) is 0 Å². The summed E-state index contributed by atoms with van der Waals surface area (Å²) in [5.74, 6) is 0. The van der Waals surface area contributed by atoms with E-state index in [0.717, 1.165) is 4.90 Å². The second-order valence-corrected chi connectivity index (χ2v) is 6.97. The summed E-state index contributed by atoms with van der Waals surface area (Å²) < 4.78 is 0. The highest BCUT2D eigenvalue weighted by Gasteiger charge is 2.27. The first-order chi connectivity index (χ1) is 9.84. The number of halogens is 1. The van der Waals surface area contributed by atoms with Crippen molar-refractivity contribution in [1.29, 1.82) is 0 Å². The summed E-state index contributed by atoms with van der Waals surface area (Å²) in [6, 6.07) is 29.8. The smallest absolute Gasteiger partial charge is 0.166 e. The maximum absolute atomic E-state index is 4.38. The molecule has 0 aliphatic rings. The molecule has 0 amide bonds. The molecule has 0 saturated carbocycles. The van der Waals surface area contributed by atoms with Crippen molar-refractivity contribution in [3.8, 4) is 0 Å². The van der Waals surface area contributed by atoms with Gasteiger partial charge < -0.3 is 17.0 Å². The fourth-order valence-electron chi connectivity index (χ4n) is 2.10. The number of rotatable bonds is 3. The minimum Gasteiger partial charge on any atom is -1.00 e. The first-order valence-corrected chi connectivity index (χ1v) is 8.15. The largest absolute Gasteiger partial charge is 1.00 e. The maximum atomic E-state index is 4.38. The Balaban J connectivity index is 0.00000161. The summed E-state index contributed by atoms with van der Waals surface area (Å²) in [5, 5.41) is 0. The van der Waals surface area contributed by atoms with Crippen LogP contribution in [-0.4, -0.2) is 0 Å². The first kappa shape index (κ1) is 16.2. The van der Waals surface area contributed by atoms with E-state index >= 15 is 0 Å². The molecule has 0 spiro atoms. The molecule has 3 rings (SSSR count). The Morgan fingerprint density at radius 3 is 1.33 bits per heavy atom. The molecule has 0 bridgehead atoms. The van der Waals surface area contributed by atoms with Gasteiger partial charge in [-0.1, -0.05) is 36.4 Å². The van der Waals surface area contributed by atoms with Gasteiger partial charge in [0.15, 0.2) is 14.7 Å². The summed E-state index contributed by atoms with van der Waals surface area (Å²) in [4.78, 5) is 5.00. The van der Waals surface area contributed by atoms with Crippen molar-refractivity contribution in [1.82, 2.24) is 0 Å². The van der Waals surface area contributed by atoms with Gasteiger partial charge in [-0.3, -0.25) is 0 Å². The van der Waals surface area contributed by atoms with Crippen LogP contribution in [0.2, 0.25) is 0 Å². The lowest BCUT2D eigenvalue weighted by Gasteiger charge is -2.07. The van der Waals surface area contributed by atoms with Crippen molar-refractivity contribution >= 4 is 23.5 Å². The van der Waals surface area contributed by atoms with Crippen LogP contribution in [0.3, 0.4) is 0 Å². The minimum atomic E-state index is -0.0569. The topological polar surface area (TPSA) is 0 Å². The van der Waals surface area contributed by atoms with Crippen molar-refractivity contribution in [2.75, 3.05) is 0 Å². The van der Waals surface area contributed by atoms with Crippen molar-refractivity contribution in [3.05, 3.63) is 84.9 Å². The molecule has 0 aromatic heterocycles. The van der Waals surface area contributed by atoms with Gasteiger partial charge in [-0.25, -0.2) is 0 Å². The third-order valence-corrected chi connectivity index (χ3v) is 5.56. The molecular weight excluding hydrogens is 360 g/mol. The Labute approximate surface area is 144 Å². The summed E-state index contributed by atoms with van der Waals surface area (Å²) in [6.45, 7) is 0. The molecule has 0 radical (unpaired) electrons. The summed E-state index contributed by atoms with van der Waals surface area (Å²) in [6.07, 6.45) is 0. The summed E-state index contributed by atoms with van der Waals surface area (Å²) >= 11 is 4.38. The zero-order valence-electron chi connectivity index (χ0n) is 11.3. The van der Waals surface area contributed by atoms with Gasteiger partial charge in [0.2, 0.25) is 0 Å². The van der Waals surface area contributed by atoms with Crippen LogP contribution in [-0.2, 0) is 10.9 Å². The number of hydrogen-bond acceptors (Lipinski definition) is 1. The molecule has 21 heavy (non-hydrogen) atoms. The van der Waals surface area contributed by atoms with E-state index in [2.05, 4.69) is 97.6 Å². The monoisotopic (exact) mass is 374 g/mol. The zero-order chi connectivity index (χ0) is 13.8. The molecule has 0 aliphatic heterocycles. The maximum Gasteiger partial charge on any atom is 0.166 e. The van der Waals surface area contributed by atoms with Crippen LogP contribution in [0.5, 0.6) is 0 Å². The molecule has 3 heteroatoms. The second kappa shape index (κ2) is 7.74. The van der Waals surface area contributed by atoms with Crippen LogP contribution in [0, 0.1) is 0 Å². The van der Waals surface area contributed by atoms with Crippen molar-refractivity contribution < 1.29 is 17.0 Å². The Bertz CT molecular complexity index is 627. The lowest BCUT2D eigenvalue weighted by molar-refractivity contribution is -0.00000383. The minimum absolute atomic E-state index is 0. The van der Waals surface area contributed by atoms with Crippen molar-refractivity contribution in [3.63, 3.8) is 0 Å². The van der Waals surface area contributed by atoms with E-state index in [4.69, 9.17) is 0 Å². The van der Waals surface area contributed by atoms with Gasteiger partial charge in [0.1, 0.15) is 0 Å². The molecule has 0 nitrogen and oxygen atoms in total. The molecule has 0 fully saturated rings. The lowest BCUT2D eigenvalue weighted by Crippen LogP contribution is -3.00. The molecule has 0 saturated heterocycles. The zero-order valence-corrected chi connectivity index (χ0v) is 14.6. The van der Waals surface area contributed by atoms with Gasteiger partial charge in [-0.15, -0.1) is 12.6 Å². The predicted octanol–water partition coefficient (Wildman–Crippen LogP) is 2.07. The first-order valence-electron chi connectivity index (χ1n) is 6.48. The highest BCUT2D eigenvalue weighted by molar-refractivity contribution is 7.97. The molecule has 0 unspecified atom stereocenters. The van der Waals surface area contributed by atoms with Gasteiger partial charge in [-0.05, 0) is 48.5 Å². The average molecular weight is 375 g/mol. The average Bonchev–Trinajstić information content (AvgIpc) is 2.52. The third-order valence-electron chi connectivity index (χ3n) is 3.03. The Morgan fingerprint density at radius 2 is 0.905 bits per heavy atom. The standard InChI is InChI=1S/C18H14S2.BrH/c19-15-11-13-18(14-12-15)20(16-7-3-1-4-8-16)17-9-5-2-6-10-17;/h1-14H;1H. The molecule has 106 valence electrons. The van der Waals surface area contributed by atoms with E-state index in [1.54, 1.807) is 0 Å². The molecule has 0 N–H and O–H groups in total. The van der Waals surface area contributed by atoms with Gasteiger partial charge in [0.05, 0.1) is 10.9 Å². The Kier molecular flexibility index (Phi) is 5.97. The molecule has 3 aromatic carbocycles. The molecule has 0 aliphatic carbocycles. The molecule has 3 aromatic rings. The van der Waals surface area contributed by atoms with Crippen molar-refractivity contribution in [2.24, 2.45) is 0 Å². The lowest BCUT2D eigenvalue weighted by atomic mass is 10.4. The van der Waals surface area contributed by atoms with Gasteiger partial charge in [0, 0.05) is 4.90 Å². The summed E-state index contributed by atoms with van der Waals surface area (Å²) in [7, 11) is -0.0569. The fraction of sp³-hybridized carbons (Fsp3) is 0. The van der Waals surface area contributed by atoms with E-state index in [9.17, 15) is 0 Å². The molecule has 0 heterocycles. The normalized spacial score (nSPS) is 10.2.